The van der Waals surface area contributed by atoms with Gasteiger partial charge < -0.3 is 14.6 Å². The second kappa shape index (κ2) is 6.20. The molecule has 0 spiro atoms. The van der Waals surface area contributed by atoms with Gasteiger partial charge in [0.05, 0.1) is 19.4 Å². The molecule has 3 unspecified atom stereocenters. The van der Waals surface area contributed by atoms with Gasteiger partial charge in [-0.1, -0.05) is 6.92 Å². The van der Waals surface area contributed by atoms with Crippen LogP contribution in [-0.4, -0.2) is 55.0 Å². The van der Waals surface area contributed by atoms with Crippen LogP contribution < -0.4 is 5.32 Å². The minimum Gasteiger partial charge on any atom is -0.467 e. The van der Waals surface area contributed by atoms with Crippen LogP contribution in [0.25, 0.3) is 0 Å². The number of fused-ring (bicyclic) bond motifs is 1. The molecule has 1 aromatic rings. The smallest absolute Gasteiger partial charge is 0.236 e. The van der Waals surface area contributed by atoms with Crippen LogP contribution in [0.1, 0.15) is 19.1 Å². The summed E-state index contributed by atoms with van der Waals surface area (Å²) in [5, 5.41) is 3.48. The number of furan rings is 1. The van der Waals surface area contributed by atoms with E-state index in [1.807, 2.05) is 19.2 Å². The van der Waals surface area contributed by atoms with E-state index in [0.29, 0.717) is 19.1 Å². The van der Waals surface area contributed by atoms with E-state index < -0.39 is 0 Å². The summed E-state index contributed by atoms with van der Waals surface area (Å²) in [6.07, 6.45) is 2.77. The second-order valence-corrected chi connectivity index (χ2v) is 6.32. The van der Waals surface area contributed by atoms with E-state index >= 15 is 0 Å². The molecule has 21 heavy (non-hydrogen) atoms. The average Bonchev–Trinajstić information content (AvgIpc) is 3.15. The zero-order valence-electron chi connectivity index (χ0n) is 12.9. The molecule has 2 aliphatic heterocycles. The van der Waals surface area contributed by atoms with Crippen molar-refractivity contribution in [1.29, 1.82) is 0 Å². The quantitative estimate of drug-likeness (QED) is 0.885. The summed E-state index contributed by atoms with van der Waals surface area (Å²) in [5.41, 5.74) is 0. The SMILES string of the molecule is CCC1C2CNCC2CN1CC(=O)N(C)Cc1ccco1. The van der Waals surface area contributed by atoms with Crippen molar-refractivity contribution >= 4 is 5.91 Å². The standard InChI is InChI=1S/C16H25N3O2/c1-3-15-14-8-17-7-12(14)9-19(15)11-16(20)18(2)10-13-5-4-6-21-13/h4-6,12,14-15,17H,3,7-11H2,1-2H3. The van der Waals surface area contributed by atoms with Crippen molar-refractivity contribution in [3.05, 3.63) is 24.2 Å². The molecule has 0 radical (unpaired) electrons. The number of amides is 1. The predicted molar refractivity (Wildman–Crippen MR) is 80.7 cm³/mol. The molecule has 3 atom stereocenters. The Bertz CT molecular complexity index is 474. The molecule has 0 aromatic carbocycles. The Hall–Kier alpha value is -1.33. The molecular weight excluding hydrogens is 266 g/mol. The van der Waals surface area contributed by atoms with Crippen molar-refractivity contribution in [3.63, 3.8) is 0 Å². The molecule has 2 aliphatic rings. The number of nitrogens with zero attached hydrogens (tertiary/aromatic N) is 2. The third kappa shape index (κ3) is 2.99. The van der Waals surface area contributed by atoms with Gasteiger partial charge >= 0.3 is 0 Å². The maximum atomic E-state index is 12.4. The number of carbonyl (C=O) groups is 1. The Labute approximate surface area is 126 Å². The van der Waals surface area contributed by atoms with Gasteiger partial charge in [-0.25, -0.2) is 0 Å². The van der Waals surface area contributed by atoms with Crippen LogP contribution in [0.2, 0.25) is 0 Å². The van der Waals surface area contributed by atoms with Gasteiger partial charge in [0.1, 0.15) is 5.76 Å². The topological polar surface area (TPSA) is 48.7 Å². The zero-order chi connectivity index (χ0) is 14.8. The lowest BCUT2D eigenvalue weighted by Gasteiger charge is -2.28. The Balaban J connectivity index is 1.56. The van der Waals surface area contributed by atoms with E-state index in [4.69, 9.17) is 4.42 Å². The minimum absolute atomic E-state index is 0.179. The summed E-state index contributed by atoms with van der Waals surface area (Å²) < 4.78 is 5.31. The molecule has 3 rings (SSSR count). The Morgan fingerprint density at radius 2 is 2.38 bits per heavy atom. The molecule has 1 amide bonds. The summed E-state index contributed by atoms with van der Waals surface area (Å²) in [6.45, 7) is 6.57. The lowest BCUT2D eigenvalue weighted by Crippen LogP contribution is -2.42. The fourth-order valence-corrected chi connectivity index (χ4v) is 3.87. The lowest BCUT2D eigenvalue weighted by atomic mass is 9.93. The van der Waals surface area contributed by atoms with Crippen LogP contribution in [0.15, 0.2) is 22.8 Å². The maximum absolute atomic E-state index is 12.4. The Morgan fingerprint density at radius 3 is 3.10 bits per heavy atom. The van der Waals surface area contributed by atoms with Gasteiger partial charge in [-0.05, 0) is 43.5 Å². The number of rotatable bonds is 5. The van der Waals surface area contributed by atoms with Crippen LogP contribution in [0.5, 0.6) is 0 Å². The van der Waals surface area contributed by atoms with Crippen molar-refractivity contribution in [2.75, 3.05) is 33.2 Å². The highest BCUT2D eigenvalue weighted by Gasteiger charge is 2.43. The van der Waals surface area contributed by atoms with Gasteiger partial charge in [0.15, 0.2) is 0 Å². The van der Waals surface area contributed by atoms with E-state index in [1.54, 1.807) is 11.2 Å². The van der Waals surface area contributed by atoms with Gasteiger partial charge in [0.25, 0.3) is 0 Å². The third-order valence-electron chi connectivity index (χ3n) is 4.98. The van der Waals surface area contributed by atoms with Gasteiger partial charge in [-0.2, -0.15) is 0 Å². The van der Waals surface area contributed by atoms with Crippen molar-refractivity contribution in [2.45, 2.75) is 25.9 Å². The van der Waals surface area contributed by atoms with Gasteiger partial charge in [-0.15, -0.1) is 0 Å². The van der Waals surface area contributed by atoms with Crippen LogP contribution in [0, 0.1) is 11.8 Å². The monoisotopic (exact) mass is 291 g/mol. The fourth-order valence-electron chi connectivity index (χ4n) is 3.87. The molecular formula is C16H25N3O2. The molecule has 3 heterocycles. The van der Waals surface area contributed by atoms with Crippen LogP contribution in [-0.2, 0) is 11.3 Å². The zero-order valence-corrected chi connectivity index (χ0v) is 12.9. The van der Waals surface area contributed by atoms with Crippen LogP contribution >= 0.6 is 0 Å². The Kier molecular flexibility index (Phi) is 4.31. The highest BCUT2D eigenvalue weighted by atomic mass is 16.3. The highest BCUT2D eigenvalue weighted by molar-refractivity contribution is 5.78. The van der Waals surface area contributed by atoms with E-state index in [1.165, 1.54) is 0 Å². The Morgan fingerprint density at radius 1 is 1.52 bits per heavy atom. The summed E-state index contributed by atoms with van der Waals surface area (Å²) in [5.74, 6) is 2.45. The molecule has 2 saturated heterocycles. The van der Waals surface area contributed by atoms with E-state index in [2.05, 4.69) is 17.1 Å². The molecule has 2 fully saturated rings. The molecule has 116 valence electrons. The van der Waals surface area contributed by atoms with Gasteiger partial charge in [0.2, 0.25) is 5.91 Å². The maximum Gasteiger partial charge on any atom is 0.236 e. The molecule has 0 saturated carbocycles. The molecule has 5 heteroatoms. The normalized spacial score (nSPS) is 28.8. The summed E-state index contributed by atoms with van der Waals surface area (Å²) in [4.78, 5) is 16.6. The van der Waals surface area contributed by atoms with Crippen LogP contribution in [0.4, 0.5) is 0 Å². The van der Waals surface area contributed by atoms with Crippen molar-refractivity contribution in [3.8, 4) is 0 Å². The van der Waals surface area contributed by atoms with Gasteiger partial charge in [0, 0.05) is 19.6 Å². The number of likely N-dealkylation sites (N-methyl/N-ethyl adjacent to an activating group) is 1. The molecule has 1 aromatic heterocycles. The van der Waals surface area contributed by atoms with E-state index in [0.717, 1.165) is 43.7 Å². The fraction of sp³-hybridized carbons (Fsp3) is 0.688. The van der Waals surface area contributed by atoms with Crippen molar-refractivity contribution in [1.82, 2.24) is 15.1 Å². The van der Waals surface area contributed by atoms with E-state index in [9.17, 15) is 4.79 Å². The average molecular weight is 291 g/mol. The van der Waals surface area contributed by atoms with Crippen molar-refractivity contribution < 1.29 is 9.21 Å². The van der Waals surface area contributed by atoms with Gasteiger partial charge in [-0.3, -0.25) is 9.69 Å². The number of hydrogen-bond acceptors (Lipinski definition) is 4. The summed E-state index contributed by atoms with van der Waals surface area (Å²) in [6, 6.07) is 4.31. The lowest BCUT2D eigenvalue weighted by molar-refractivity contribution is -0.132. The first kappa shape index (κ1) is 14.6. The highest BCUT2D eigenvalue weighted by Crippen LogP contribution is 2.33. The predicted octanol–water partition coefficient (Wildman–Crippen LogP) is 1.17. The largest absolute Gasteiger partial charge is 0.467 e. The summed E-state index contributed by atoms with van der Waals surface area (Å²) in [7, 11) is 1.85. The van der Waals surface area contributed by atoms with Crippen molar-refractivity contribution in [2.24, 2.45) is 11.8 Å². The first-order valence-electron chi connectivity index (χ1n) is 7.90. The number of likely N-dealkylation sites (tertiary alicyclic amines) is 1. The summed E-state index contributed by atoms with van der Waals surface area (Å²) >= 11 is 0. The minimum atomic E-state index is 0.179. The number of nitrogens with one attached hydrogen (secondary N) is 1. The van der Waals surface area contributed by atoms with E-state index in [-0.39, 0.29) is 5.91 Å². The molecule has 5 nitrogen and oxygen atoms in total. The first-order chi connectivity index (χ1) is 10.2. The molecule has 1 N–H and O–H groups in total. The number of hydrogen-bond donors (Lipinski definition) is 1. The number of carbonyl (C=O) groups excluding carboxylic acids is 1. The third-order valence-corrected chi connectivity index (χ3v) is 4.98. The molecule has 0 bridgehead atoms. The van der Waals surface area contributed by atoms with Crippen LogP contribution in [0.3, 0.4) is 0 Å². The first-order valence-corrected chi connectivity index (χ1v) is 7.90. The second-order valence-electron chi connectivity index (χ2n) is 6.32. The molecule has 0 aliphatic carbocycles.